The molecule has 0 spiro atoms. The summed E-state index contributed by atoms with van der Waals surface area (Å²) in [5.41, 5.74) is 4.62. The summed E-state index contributed by atoms with van der Waals surface area (Å²) in [7, 11) is 0. The van der Waals surface area contributed by atoms with Gasteiger partial charge in [-0.15, -0.1) is 0 Å². The van der Waals surface area contributed by atoms with Gasteiger partial charge in [0.25, 0.3) is 0 Å². The van der Waals surface area contributed by atoms with Gasteiger partial charge in [-0.1, -0.05) is 66.2 Å². The zero-order valence-corrected chi connectivity index (χ0v) is 27.4. The van der Waals surface area contributed by atoms with Crippen molar-refractivity contribution >= 4 is 40.6 Å². The van der Waals surface area contributed by atoms with E-state index in [1.165, 1.54) is 6.92 Å². The lowest BCUT2D eigenvalue weighted by molar-refractivity contribution is -0.150. The maximum Gasteiger partial charge on any atom is 0.235 e. The average Bonchev–Trinajstić information content (AvgIpc) is 3.00. The van der Waals surface area contributed by atoms with Crippen LogP contribution in [0.25, 0.3) is 0 Å². The molecule has 7 nitrogen and oxygen atoms in total. The molecule has 4 atom stereocenters. The van der Waals surface area contributed by atoms with E-state index in [9.17, 15) is 19.5 Å². The summed E-state index contributed by atoms with van der Waals surface area (Å²) >= 11 is 6.29. The highest BCUT2D eigenvalue weighted by molar-refractivity contribution is 6.31. The molecule has 5 rings (SSSR count). The minimum absolute atomic E-state index is 0.247. The molecule has 0 saturated heterocycles. The zero-order valence-electron chi connectivity index (χ0n) is 26.7. The van der Waals surface area contributed by atoms with Gasteiger partial charge < -0.3 is 20.5 Å². The number of amides is 2. The predicted molar refractivity (Wildman–Crippen MR) is 181 cm³/mol. The molecular weight excluding hydrogens is 600 g/mol. The largest absolute Gasteiger partial charge is 0.489 e. The van der Waals surface area contributed by atoms with Crippen LogP contribution in [0.15, 0.2) is 84.9 Å². The van der Waals surface area contributed by atoms with Gasteiger partial charge in [0.15, 0.2) is 0 Å². The van der Waals surface area contributed by atoms with E-state index in [2.05, 4.69) is 10.6 Å². The van der Waals surface area contributed by atoms with E-state index in [4.69, 9.17) is 16.3 Å². The number of Topliss-reactive ketones (excluding diaryl/α,β-unsaturated/α-hetero) is 1. The fourth-order valence-electron chi connectivity index (χ4n) is 6.25. The predicted octanol–water partition coefficient (Wildman–Crippen LogP) is 7.47. The van der Waals surface area contributed by atoms with Crippen LogP contribution in [0.5, 0.6) is 5.75 Å². The van der Waals surface area contributed by atoms with Crippen molar-refractivity contribution in [2.45, 2.75) is 59.2 Å². The normalized spacial score (nSPS) is 21.0. The number of halogens is 1. The molecule has 0 heterocycles. The highest BCUT2D eigenvalue weighted by Crippen LogP contribution is 2.47. The van der Waals surface area contributed by atoms with Crippen LogP contribution in [0.1, 0.15) is 52.6 Å². The molecule has 0 aliphatic heterocycles. The van der Waals surface area contributed by atoms with E-state index in [0.29, 0.717) is 27.7 Å². The fraction of sp³-hybridized carbons (Fsp3) is 0.289. The SMILES string of the molecule is Cc1cccc(NC(=O)C2C(=O)CC(C)(O)C(C(=O)Nc3cccc(C)c3C)C2c2ccc(OCc3ccccc3Cl)cc2)c1C. The van der Waals surface area contributed by atoms with E-state index in [1.54, 1.807) is 42.5 Å². The number of rotatable bonds is 8. The van der Waals surface area contributed by atoms with Crippen LogP contribution in [-0.4, -0.2) is 28.3 Å². The van der Waals surface area contributed by atoms with E-state index in [1.807, 2.05) is 70.2 Å². The summed E-state index contributed by atoms with van der Waals surface area (Å²) in [5, 5.41) is 18.3. The summed E-state index contributed by atoms with van der Waals surface area (Å²) in [4.78, 5) is 42.0. The van der Waals surface area contributed by atoms with Gasteiger partial charge in [-0.25, -0.2) is 0 Å². The van der Waals surface area contributed by atoms with Crippen LogP contribution >= 0.6 is 11.6 Å². The number of nitrogens with one attached hydrogen (secondary N) is 2. The van der Waals surface area contributed by atoms with Crippen LogP contribution in [0.4, 0.5) is 11.4 Å². The Morgan fingerprint density at radius 1 is 0.826 bits per heavy atom. The number of hydrogen-bond acceptors (Lipinski definition) is 5. The monoisotopic (exact) mass is 638 g/mol. The number of ether oxygens (including phenoxy) is 1. The highest BCUT2D eigenvalue weighted by Gasteiger charge is 2.56. The molecule has 1 saturated carbocycles. The molecule has 2 amide bonds. The first-order valence-corrected chi connectivity index (χ1v) is 15.7. The third-order valence-electron chi connectivity index (χ3n) is 9.17. The van der Waals surface area contributed by atoms with Crippen LogP contribution in [0, 0.1) is 39.5 Å². The van der Waals surface area contributed by atoms with Crippen molar-refractivity contribution in [3.05, 3.63) is 123 Å². The van der Waals surface area contributed by atoms with E-state index < -0.39 is 41.0 Å². The van der Waals surface area contributed by atoms with Gasteiger partial charge in [-0.3, -0.25) is 14.4 Å². The van der Waals surface area contributed by atoms with Gasteiger partial charge in [0, 0.05) is 34.3 Å². The maximum absolute atomic E-state index is 14.2. The molecule has 8 heteroatoms. The molecule has 46 heavy (non-hydrogen) atoms. The van der Waals surface area contributed by atoms with Gasteiger partial charge in [0.1, 0.15) is 24.1 Å². The van der Waals surface area contributed by atoms with E-state index in [-0.39, 0.29) is 13.0 Å². The fourth-order valence-corrected chi connectivity index (χ4v) is 6.44. The molecule has 238 valence electrons. The van der Waals surface area contributed by atoms with Crippen molar-refractivity contribution < 1.29 is 24.2 Å². The molecule has 4 aromatic rings. The Morgan fingerprint density at radius 2 is 1.39 bits per heavy atom. The van der Waals surface area contributed by atoms with Crippen molar-refractivity contribution in [2.24, 2.45) is 11.8 Å². The smallest absolute Gasteiger partial charge is 0.235 e. The molecule has 1 aliphatic rings. The van der Waals surface area contributed by atoms with Crippen molar-refractivity contribution in [1.29, 1.82) is 0 Å². The van der Waals surface area contributed by atoms with Crippen molar-refractivity contribution in [2.75, 3.05) is 10.6 Å². The molecule has 1 fully saturated rings. The average molecular weight is 639 g/mol. The number of anilines is 2. The molecule has 3 N–H and O–H groups in total. The quantitative estimate of drug-likeness (QED) is 0.174. The third kappa shape index (κ3) is 6.86. The Morgan fingerprint density at radius 3 is 1.98 bits per heavy atom. The first-order chi connectivity index (χ1) is 21.9. The van der Waals surface area contributed by atoms with Crippen LogP contribution in [0.3, 0.4) is 0 Å². The second kappa shape index (κ2) is 13.5. The minimum atomic E-state index is -1.72. The number of aryl methyl sites for hydroxylation is 2. The third-order valence-corrected chi connectivity index (χ3v) is 9.54. The Bertz CT molecular complexity index is 1780. The number of aliphatic hydroxyl groups is 1. The van der Waals surface area contributed by atoms with Gasteiger partial charge in [0.2, 0.25) is 11.8 Å². The zero-order chi connectivity index (χ0) is 33.2. The van der Waals surface area contributed by atoms with Crippen molar-refractivity contribution in [3.8, 4) is 5.75 Å². The van der Waals surface area contributed by atoms with E-state index >= 15 is 0 Å². The Kier molecular flexibility index (Phi) is 9.66. The molecule has 4 aromatic carbocycles. The molecule has 4 unspecified atom stereocenters. The summed E-state index contributed by atoms with van der Waals surface area (Å²) in [6, 6.07) is 25.5. The van der Waals surface area contributed by atoms with Gasteiger partial charge in [-0.2, -0.15) is 0 Å². The molecule has 1 aliphatic carbocycles. The van der Waals surface area contributed by atoms with Crippen LogP contribution in [0.2, 0.25) is 5.02 Å². The summed E-state index contributed by atoms with van der Waals surface area (Å²) in [6.45, 7) is 9.44. The van der Waals surface area contributed by atoms with Gasteiger partial charge >= 0.3 is 0 Å². The van der Waals surface area contributed by atoms with Gasteiger partial charge in [0.05, 0.1) is 11.5 Å². The first-order valence-electron chi connectivity index (χ1n) is 15.3. The lowest BCUT2D eigenvalue weighted by atomic mass is 9.61. The second-order valence-corrected chi connectivity index (χ2v) is 12.8. The molecule has 0 aromatic heterocycles. The van der Waals surface area contributed by atoms with Crippen molar-refractivity contribution in [3.63, 3.8) is 0 Å². The highest BCUT2D eigenvalue weighted by atomic mass is 35.5. The summed E-state index contributed by atoms with van der Waals surface area (Å²) < 4.78 is 5.97. The summed E-state index contributed by atoms with van der Waals surface area (Å²) in [6.07, 6.45) is -0.349. The number of hydrogen-bond donors (Lipinski definition) is 3. The molecule has 0 radical (unpaired) electrons. The maximum atomic E-state index is 14.2. The topological polar surface area (TPSA) is 105 Å². The van der Waals surface area contributed by atoms with Crippen LogP contribution < -0.4 is 15.4 Å². The van der Waals surface area contributed by atoms with Gasteiger partial charge in [-0.05, 0) is 92.8 Å². The van der Waals surface area contributed by atoms with Crippen LogP contribution in [-0.2, 0) is 21.0 Å². The van der Waals surface area contributed by atoms with E-state index in [0.717, 1.165) is 27.8 Å². The minimum Gasteiger partial charge on any atom is -0.489 e. The number of benzene rings is 4. The summed E-state index contributed by atoms with van der Waals surface area (Å²) in [5.74, 6) is -4.22. The Labute approximate surface area is 275 Å². The van der Waals surface area contributed by atoms with Crippen molar-refractivity contribution in [1.82, 2.24) is 0 Å². The standard InChI is InChI=1S/C38H39ClN2O5/c1-22-10-8-14-30(24(22)3)40-36(43)34-32(42)20-38(5,45)35(37(44)41-31-15-9-11-23(2)25(31)4)33(34)26-16-18-28(19-17-26)46-21-27-12-6-7-13-29(27)39/h6-19,33-35,45H,20-21H2,1-5H3,(H,40,43)(H,41,44). The Balaban J connectivity index is 1.53. The Hall–Kier alpha value is -4.46. The lowest BCUT2D eigenvalue weighted by Crippen LogP contribution is -2.56. The second-order valence-electron chi connectivity index (χ2n) is 12.4. The molecule has 0 bridgehead atoms. The number of carbonyl (C=O) groups excluding carboxylic acids is 3. The lowest BCUT2D eigenvalue weighted by Gasteiger charge is -2.44. The molecular formula is C38H39ClN2O5. The first kappa shape index (κ1) is 32.9. The number of carbonyl (C=O) groups is 3. The number of ketones is 1.